The Labute approximate surface area is 129 Å². The molecule has 0 unspecified atom stereocenters. The van der Waals surface area contributed by atoms with Gasteiger partial charge in [0.2, 0.25) is 0 Å². The van der Waals surface area contributed by atoms with Gasteiger partial charge in [-0.3, -0.25) is 0 Å². The third-order valence-electron chi connectivity index (χ3n) is 3.66. The van der Waals surface area contributed by atoms with Gasteiger partial charge in [-0.15, -0.1) is 0 Å². The Kier molecular flexibility index (Phi) is 4.21. The Hall–Kier alpha value is -0.381. The van der Waals surface area contributed by atoms with Crippen molar-refractivity contribution in [2.45, 2.75) is 19.0 Å². The van der Waals surface area contributed by atoms with Crippen LogP contribution in [0, 0.1) is 0 Å². The molecule has 0 amide bonds. The van der Waals surface area contributed by atoms with Gasteiger partial charge in [-0.05, 0) is 0 Å². The molecule has 0 atom stereocenters. The molecule has 3 rings (SSSR count). The molecular weight excluding hydrogens is 384 g/mol. The number of rotatable bonds is 5. The number of hydrogen-bond acceptors (Lipinski definition) is 3. The van der Waals surface area contributed by atoms with Crippen LogP contribution in [0.1, 0.15) is 12.5 Å². The van der Waals surface area contributed by atoms with Crippen molar-refractivity contribution in [3.8, 4) is 0 Å². The Morgan fingerprint density at radius 3 is 2.65 bits per heavy atom. The minimum atomic E-state index is -0.613. The van der Waals surface area contributed by atoms with E-state index in [2.05, 4.69) is 35.6 Å². The van der Waals surface area contributed by atoms with E-state index in [1.165, 1.54) is 25.3 Å². The van der Waals surface area contributed by atoms with Gasteiger partial charge >= 0.3 is 130 Å². The summed E-state index contributed by atoms with van der Waals surface area (Å²) >= 11 is 1.16. The van der Waals surface area contributed by atoms with Gasteiger partial charge in [-0.2, -0.15) is 0 Å². The summed E-state index contributed by atoms with van der Waals surface area (Å²) in [5.41, 5.74) is 0.704. The van der Waals surface area contributed by atoms with Crippen LogP contribution in [0.5, 0.6) is 0 Å². The molecule has 1 aliphatic rings. The molecule has 106 valence electrons. The monoisotopic (exact) mass is 403 g/mol. The molecule has 0 saturated heterocycles. The second-order valence-electron chi connectivity index (χ2n) is 5.31. The maximum absolute atomic E-state index is 9.36. The van der Waals surface area contributed by atoms with E-state index in [0.717, 1.165) is 0 Å². The topological polar surface area (TPSA) is 52.5 Å². The van der Waals surface area contributed by atoms with Gasteiger partial charge in [0.1, 0.15) is 0 Å². The number of hydrogen-bond donors (Lipinski definition) is 3. The fraction of sp³-hybridized carbons (Fsp3) is 0.333. The molecule has 1 heterocycles. The van der Waals surface area contributed by atoms with E-state index in [1.54, 1.807) is 0 Å². The molecule has 0 radical (unpaired) electrons. The fourth-order valence-corrected chi connectivity index (χ4v) is 10.5. The van der Waals surface area contributed by atoms with Gasteiger partial charge in [0.05, 0.1) is 0 Å². The van der Waals surface area contributed by atoms with Crippen LogP contribution in [-0.2, 0) is 6.54 Å². The number of aliphatic hydroxyl groups excluding tert-OH is 2. The molecule has 0 bridgehead atoms. The molecule has 2 aromatic rings. The Morgan fingerprint density at radius 2 is 1.90 bits per heavy atom. The Morgan fingerprint density at radius 1 is 1.10 bits per heavy atom. The third kappa shape index (κ3) is 2.56. The average Bonchev–Trinajstić information content (AvgIpc) is 2.92. The summed E-state index contributed by atoms with van der Waals surface area (Å²) in [7, 11) is 0. The van der Waals surface area contributed by atoms with Crippen LogP contribution in [0.2, 0.25) is 0 Å². The first-order chi connectivity index (χ1) is 9.67. The van der Waals surface area contributed by atoms with Gasteiger partial charge in [0.15, 0.2) is 0 Å². The standard InChI is InChI=1S/C15H17NO2Se2/c1-15(8-17,9-18)16-7-11-6-5-10-3-2-4-12-13(10)14(11)20-19-12/h2-6,16-18H,7-9H2,1H3. The van der Waals surface area contributed by atoms with E-state index >= 15 is 0 Å². The summed E-state index contributed by atoms with van der Waals surface area (Å²) in [6.07, 6.45) is 0. The quantitative estimate of drug-likeness (QED) is 0.579. The number of nitrogens with one attached hydrogen (secondary N) is 1. The predicted octanol–water partition coefficient (Wildman–Crippen LogP) is -0.740. The predicted molar refractivity (Wildman–Crippen MR) is 84.1 cm³/mol. The van der Waals surface area contributed by atoms with Crippen molar-refractivity contribution < 1.29 is 10.2 Å². The molecule has 3 N–H and O–H groups in total. The van der Waals surface area contributed by atoms with E-state index in [0.29, 0.717) is 32.8 Å². The van der Waals surface area contributed by atoms with Crippen LogP contribution in [-0.4, -0.2) is 55.2 Å². The minimum absolute atomic E-state index is 0.0628. The summed E-state index contributed by atoms with van der Waals surface area (Å²) in [6.45, 7) is 2.42. The molecule has 20 heavy (non-hydrogen) atoms. The summed E-state index contributed by atoms with van der Waals surface area (Å²) in [5, 5.41) is 24.8. The van der Waals surface area contributed by atoms with Crippen molar-refractivity contribution in [3.05, 3.63) is 35.9 Å². The third-order valence-corrected chi connectivity index (χ3v) is 10.9. The van der Waals surface area contributed by atoms with Gasteiger partial charge in [0, 0.05) is 0 Å². The molecule has 0 aromatic heterocycles. The summed E-state index contributed by atoms with van der Waals surface area (Å²) in [4.78, 5) is 0. The zero-order valence-corrected chi connectivity index (χ0v) is 14.6. The summed E-state index contributed by atoms with van der Waals surface area (Å²) in [6, 6.07) is 11.0. The first-order valence-corrected chi connectivity index (χ1v) is 12.6. The zero-order valence-electron chi connectivity index (χ0n) is 11.2. The van der Waals surface area contributed by atoms with E-state index in [4.69, 9.17) is 0 Å². The van der Waals surface area contributed by atoms with Crippen LogP contribution in [0.4, 0.5) is 0 Å². The molecule has 3 nitrogen and oxygen atoms in total. The van der Waals surface area contributed by atoms with Crippen molar-refractivity contribution in [3.63, 3.8) is 0 Å². The van der Waals surface area contributed by atoms with Crippen molar-refractivity contribution in [1.29, 1.82) is 0 Å². The molecular formula is C15H17NO2Se2. The fourth-order valence-electron chi connectivity index (χ4n) is 2.22. The van der Waals surface area contributed by atoms with Crippen LogP contribution in [0.3, 0.4) is 0 Å². The first kappa shape index (κ1) is 14.6. The summed E-state index contributed by atoms with van der Waals surface area (Å²) in [5.74, 6) is 0. The van der Waals surface area contributed by atoms with Gasteiger partial charge in [-0.1, -0.05) is 0 Å². The number of aliphatic hydroxyl groups is 2. The molecule has 0 fully saturated rings. The normalized spacial score (nSPS) is 14.2. The molecule has 0 saturated carbocycles. The van der Waals surface area contributed by atoms with Crippen LogP contribution >= 0.6 is 0 Å². The molecule has 5 heteroatoms. The Balaban J connectivity index is 1.92. The molecule has 1 aliphatic heterocycles. The molecule has 0 aliphatic carbocycles. The van der Waals surface area contributed by atoms with E-state index in [9.17, 15) is 10.2 Å². The summed E-state index contributed by atoms with van der Waals surface area (Å²) < 4.78 is 3.04. The molecule has 2 aromatic carbocycles. The van der Waals surface area contributed by atoms with Crippen molar-refractivity contribution in [2.24, 2.45) is 0 Å². The second-order valence-corrected chi connectivity index (χ2v) is 11.4. The first-order valence-electron chi connectivity index (χ1n) is 6.53. The average molecular weight is 401 g/mol. The van der Waals surface area contributed by atoms with Gasteiger partial charge < -0.3 is 0 Å². The van der Waals surface area contributed by atoms with Crippen molar-refractivity contribution in [1.82, 2.24) is 5.32 Å². The zero-order chi connectivity index (χ0) is 14.2. The Bertz CT molecular complexity index is 641. The molecule has 0 spiro atoms. The maximum atomic E-state index is 9.36. The van der Waals surface area contributed by atoms with Crippen LogP contribution < -0.4 is 14.2 Å². The van der Waals surface area contributed by atoms with E-state index in [-0.39, 0.29) is 13.2 Å². The van der Waals surface area contributed by atoms with E-state index < -0.39 is 5.54 Å². The number of benzene rings is 2. The van der Waals surface area contributed by atoms with Crippen molar-refractivity contribution >= 4 is 46.0 Å². The van der Waals surface area contributed by atoms with Gasteiger partial charge in [0.25, 0.3) is 0 Å². The second kappa shape index (κ2) is 5.78. The van der Waals surface area contributed by atoms with Crippen LogP contribution in [0.15, 0.2) is 30.3 Å². The van der Waals surface area contributed by atoms with E-state index in [1.807, 2.05) is 6.92 Å². The SMILES string of the molecule is CC(CO)(CO)NCc1ccc2cccc3c2c1[Se][Se]3. The van der Waals surface area contributed by atoms with Crippen molar-refractivity contribution in [2.75, 3.05) is 13.2 Å². The van der Waals surface area contributed by atoms with Crippen LogP contribution in [0.25, 0.3) is 10.8 Å². The van der Waals surface area contributed by atoms with Gasteiger partial charge in [-0.25, -0.2) is 0 Å².